The Morgan fingerprint density at radius 3 is 2.70 bits per heavy atom. The minimum Gasteiger partial charge on any atom is -0.507 e. The summed E-state index contributed by atoms with van der Waals surface area (Å²) in [6, 6.07) is 4.76. The van der Waals surface area contributed by atoms with Crippen molar-refractivity contribution in [2.24, 2.45) is 0 Å². The summed E-state index contributed by atoms with van der Waals surface area (Å²) in [5.74, 6) is 6.16. The van der Waals surface area contributed by atoms with Gasteiger partial charge in [-0.15, -0.1) is 0 Å². The Morgan fingerprint density at radius 1 is 1.40 bits per heavy atom. The number of hydrogen-bond acceptors (Lipinski definition) is 4. The molecule has 5 heteroatoms. The number of benzene rings is 1. The number of phenolic OH excluding ortho intramolecular Hbond substituents is 1. The molecular weight excluding hydrogens is 258 g/mol. The van der Waals surface area contributed by atoms with E-state index >= 15 is 0 Å². The minimum atomic E-state index is -0.539. The maximum Gasteiger partial charge on any atom is 0.408 e. The lowest BCUT2D eigenvalue weighted by atomic mass is 10.2. The van der Waals surface area contributed by atoms with Crippen LogP contribution in [-0.4, -0.2) is 30.5 Å². The van der Waals surface area contributed by atoms with E-state index < -0.39 is 11.7 Å². The molecule has 1 aromatic rings. The number of rotatable bonds is 2. The summed E-state index contributed by atoms with van der Waals surface area (Å²) in [5, 5.41) is 12.1. The van der Waals surface area contributed by atoms with Gasteiger partial charge in [-0.1, -0.05) is 11.8 Å². The van der Waals surface area contributed by atoms with Crippen LogP contribution in [0.2, 0.25) is 0 Å². The van der Waals surface area contributed by atoms with Crippen LogP contribution < -0.4 is 10.1 Å². The zero-order chi connectivity index (χ0) is 15.2. The lowest BCUT2D eigenvalue weighted by Gasteiger charge is -2.19. The lowest BCUT2D eigenvalue weighted by molar-refractivity contribution is 0.0535. The quantitative estimate of drug-likeness (QED) is 0.814. The van der Waals surface area contributed by atoms with Gasteiger partial charge in [-0.25, -0.2) is 4.79 Å². The Morgan fingerprint density at radius 2 is 2.10 bits per heavy atom. The van der Waals surface area contributed by atoms with Gasteiger partial charge in [-0.2, -0.15) is 0 Å². The van der Waals surface area contributed by atoms with Gasteiger partial charge in [0.05, 0.1) is 19.2 Å². The third-order valence-electron chi connectivity index (χ3n) is 2.15. The average molecular weight is 277 g/mol. The molecule has 0 fully saturated rings. The SMILES string of the molecule is COc1ccc(O)c(C#CCNC(=O)OC(C)(C)C)c1. The van der Waals surface area contributed by atoms with E-state index in [4.69, 9.17) is 9.47 Å². The molecule has 108 valence electrons. The fourth-order valence-electron chi connectivity index (χ4n) is 1.31. The number of aromatic hydroxyl groups is 1. The zero-order valence-electron chi connectivity index (χ0n) is 12.1. The summed E-state index contributed by atoms with van der Waals surface area (Å²) in [5.41, 5.74) is -0.0990. The van der Waals surface area contributed by atoms with Crippen molar-refractivity contribution in [3.8, 4) is 23.3 Å². The summed E-state index contributed by atoms with van der Waals surface area (Å²) in [4.78, 5) is 11.4. The Kier molecular flexibility index (Phi) is 5.27. The van der Waals surface area contributed by atoms with Gasteiger partial charge < -0.3 is 19.9 Å². The van der Waals surface area contributed by atoms with Crippen molar-refractivity contribution in [2.75, 3.05) is 13.7 Å². The van der Waals surface area contributed by atoms with E-state index in [1.54, 1.807) is 32.9 Å². The molecule has 0 unspecified atom stereocenters. The Balaban J connectivity index is 2.57. The molecule has 0 bridgehead atoms. The second kappa shape index (κ2) is 6.71. The van der Waals surface area contributed by atoms with Gasteiger partial charge >= 0.3 is 6.09 Å². The summed E-state index contributed by atoms with van der Waals surface area (Å²) >= 11 is 0. The third kappa shape index (κ3) is 5.53. The number of alkyl carbamates (subject to hydrolysis) is 1. The number of phenols is 1. The standard InChI is InChI=1S/C15H19NO4/c1-15(2,3)20-14(18)16-9-5-6-11-10-12(19-4)7-8-13(11)17/h7-8,10,17H,9H2,1-4H3,(H,16,18). The fourth-order valence-corrected chi connectivity index (χ4v) is 1.31. The molecule has 0 saturated carbocycles. The first-order valence-electron chi connectivity index (χ1n) is 6.14. The first kappa shape index (κ1) is 15.7. The number of carbonyl (C=O) groups is 1. The molecule has 1 aromatic carbocycles. The van der Waals surface area contributed by atoms with E-state index in [1.807, 2.05) is 0 Å². The van der Waals surface area contributed by atoms with Crippen molar-refractivity contribution >= 4 is 6.09 Å². The van der Waals surface area contributed by atoms with E-state index in [1.165, 1.54) is 13.2 Å². The van der Waals surface area contributed by atoms with E-state index in [-0.39, 0.29) is 12.3 Å². The van der Waals surface area contributed by atoms with Crippen LogP contribution in [0.25, 0.3) is 0 Å². The molecule has 0 aromatic heterocycles. The molecule has 0 radical (unpaired) electrons. The number of nitrogens with one attached hydrogen (secondary N) is 1. The lowest BCUT2D eigenvalue weighted by Crippen LogP contribution is -2.32. The number of carbonyl (C=O) groups excluding carboxylic acids is 1. The molecule has 1 rings (SSSR count). The van der Waals surface area contributed by atoms with Gasteiger partial charge in [0, 0.05) is 0 Å². The molecule has 20 heavy (non-hydrogen) atoms. The summed E-state index contributed by atoms with van der Waals surface area (Å²) in [7, 11) is 1.54. The fraction of sp³-hybridized carbons (Fsp3) is 0.400. The van der Waals surface area contributed by atoms with Crippen molar-refractivity contribution in [1.82, 2.24) is 5.32 Å². The van der Waals surface area contributed by atoms with Crippen LogP contribution >= 0.6 is 0 Å². The molecule has 0 saturated heterocycles. The molecule has 0 aliphatic carbocycles. The van der Waals surface area contributed by atoms with Crippen LogP contribution in [0.15, 0.2) is 18.2 Å². The van der Waals surface area contributed by atoms with Crippen LogP contribution in [-0.2, 0) is 4.74 Å². The van der Waals surface area contributed by atoms with Crippen LogP contribution in [0.4, 0.5) is 4.79 Å². The van der Waals surface area contributed by atoms with Gasteiger partial charge in [0.25, 0.3) is 0 Å². The van der Waals surface area contributed by atoms with E-state index in [2.05, 4.69) is 17.2 Å². The molecular formula is C15H19NO4. The zero-order valence-corrected chi connectivity index (χ0v) is 12.1. The molecule has 0 spiro atoms. The van der Waals surface area contributed by atoms with Crippen LogP contribution in [0.1, 0.15) is 26.3 Å². The van der Waals surface area contributed by atoms with Crippen molar-refractivity contribution in [2.45, 2.75) is 26.4 Å². The third-order valence-corrected chi connectivity index (χ3v) is 2.15. The van der Waals surface area contributed by atoms with Crippen LogP contribution in [0, 0.1) is 11.8 Å². The van der Waals surface area contributed by atoms with Crippen LogP contribution in [0.5, 0.6) is 11.5 Å². The molecule has 1 amide bonds. The summed E-state index contributed by atoms with van der Waals surface area (Å²) in [6.45, 7) is 5.48. The molecule has 2 N–H and O–H groups in total. The molecule has 0 aliphatic heterocycles. The van der Waals surface area contributed by atoms with Crippen LogP contribution in [0.3, 0.4) is 0 Å². The minimum absolute atomic E-state index is 0.0653. The van der Waals surface area contributed by atoms with E-state index in [0.29, 0.717) is 11.3 Å². The van der Waals surface area contributed by atoms with Gasteiger partial charge in [-0.05, 0) is 39.0 Å². The van der Waals surface area contributed by atoms with Crippen molar-refractivity contribution in [1.29, 1.82) is 0 Å². The first-order chi connectivity index (χ1) is 9.31. The van der Waals surface area contributed by atoms with Gasteiger partial charge in [0.15, 0.2) is 0 Å². The average Bonchev–Trinajstić information content (AvgIpc) is 2.34. The summed E-state index contributed by atoms with van der Waals surface area (Å²) < 4.78 is 10.1. The van der Waals surface area contributed by atoms with Gasteiger partial charge in [0.2, 0.25) is 0 Å². The van der Waals surface area contributed by atoms with Crippen molar-refractivity contribution in [3.63, 3.8) is 0 Å². The Labute approximate surface area is 118 Å². The summed E-state index contributed by atoms with van der Waals surface area (Å²) in [6.07, 6.45) is -0.526. The predicted molar refractivity (Wildman–Crippen MR) is 75.8 cm³/mol. The van der Waals surface area contributed by atoms with Crippen molar-refractivity contribution in [3.05, 3.63) is 23.8 Å². The number of amides is 1. The molecule has 0 heterocycles. The molecule has 0 atom stereocenters. The Hall–Kier alpha value is -2.35. The number of ether oxygens (including phenoxy) is 2. The molecule has 5 nitrogen and oxygen atoms in total. The number of hydrogen-bond donors (Lipinski definition) is 2. The highest BCUT2D eigenvalue weighted by Crippen LogP contribution is 2.21. The van der Waals surface area contributed by atoms with Gasteiger partial charge in [-0.3, -0.25) is 0 Å². The van der Waals surface area contributed by atoms with Crippen molar-refractivity contribution < 1.29 is 19.4 Å². The van der Waals surface area contributed by atoms with E-state index in [9.17, 15) is 9.90 Å². The second-order valence-corrected chi connectivity index (χ2v) is 5.04. The normalized spacial score (nSPS) is 10.2. The highest BCUT2D eigenvalue weighted by Gasteiger charge is 2.14. The highest BCUT2D eigenvalue weighted by atomic mass is 16.6. The predicted octanol–water partition coefficient (Wildman–Crippen LogP) is 2.28. The largest absolute Gasteiger partial charge is 0.507 e. The Bertz CT molecular complexity index is 535. The topological polar surface area (TPSA) is 67.8 Å². The monoisotopic (exact) mass is 277 g/mol. The highest BCUT2D eigenvalue weighted by molar-refractivity contribution is 5.68. The van der Waals surface area contributed by atoms with Gasteiger partial charge in [0.1, 0.15) is 17.1 Å². The second-order valence-electron chi connectivity index (χ2n) is 5.04. The van der Waals surface area contributed by atoms with E-state index in [0.717, 1.165) is 0 Å². The maximum atomic E-state index is 11.4. The smallest absolute Gasteiger partial charge is 0.408 e. The first-order valence-corrected chi connectivity index (χ1v) is 6.14. The maximum absolute atomic E-state index is 11.4. The number of methoxy groups -OCH3 is 1. The molecule has 0 aliphatic rings.